The van der Waals surface area contributed by atoms with Gasteiger partial charge >= 0.3 is 0 Å². The maximum Gasteiger partial charge on any atom is 0.136 e. The molecule has 0 bridgehead atoms. The van der Waals surface area contributed by atoms with Gasteiger partial charge in [-0.2, -0.15) is 5.26 Å². The van der Waals surface area contributed by atoms with Crippen molar-refractivity contribution in [1.29, 1.82) is 5.26 Å². The first-order valence-electron chi connectivity index (χ1n) is 6.66. The average molecular weight is 302 g/mol. The van der Waals surface area contributed by atoms with Crippen LogP contribution in [0.15, 0.2) is 36.4 Å². The Morgan fingerprint density at radius 1 is 1.19 bits per heavy atom. The average Bonchev–Trinajstić information content (AvgIpc) is 2.53. The molecule has 4 heteroatoms. The van der Waals surface area contributed by atoms with Crippen molar-refractivity contribution in [1.82, 2.24) is 0 Å². The third-order valence-electron chi connectivity index (χ3n) is 3.19. The number of halogens is 1. The van der Waals surface area contributed by atoms with Crippen LogP contribution < -0.4 is 9.47 Å². The van der Waals surface area contributed by atoms with E-state index in [1.165, 1.54) is 0 Å². The van der Waals surface area contributed by atoms with Gasteiger partial charge in [0.15, 0.2) is 0 Å². The van der Waals surface area contributed by atoms with Gasteiger partial charge in [0.25, 0.3) is 0 Å². The lowest BCUT2D eigenvalue weighted by Gasteiger charge is -2.10. The molecule has 3 nitrogen and oxygen atoms in total. The third kappa shape index (κ3) is 3.68. The van der Waals surface area contributed by atoms with Crippen LogP contribution in [0.3, 0.4) is 0 Å². The minimum Gasteiger partial charge on any atom is -0.495 e. The number of hydrogen-bond donors (Lipinski definition) is 0. The van der Waals surface area contributed by atoms with E-state index >= 15 is 0 Å². The summed E-state index contributed by atoms with van der Waals surface area (Å²) < 4.78 is 10.9. The smallest absolute Gasteiger partial charge is 0.136 e. The summed E-state index contributed by atoms with van der Waals surface area (Å²) in [5.41, 5.74) is 2.48. The molecule has 108 valence electrons. The molecule has 0 saturated heterocycles. The second kappa shape index (κ2) is 7.01. The molecule has 0 radical (unpaired) electrons. The van der Waals surface area contributed by atoms with Gasteiger partial charge in [-0.25, -0.2) is 0 Å². The van der Waals surface area contributed by atoms with Gasteiger partial charge in [-0.15, -0.1) is 0 Å². The highest BCUT2D eigenvalue weighted by Crippen LogP contribution is 2.24. The number of rotatable bonds is 5. The van der Waals surface area contributed by atoms with E-state index in [1.54, 1.807) is 19.2 Å². The van der Waals surface area contributed by atoms with Gasteiger partial charge in [0.1, 0.15) is 24.2 Å². The highest BCUT2D eigenvalue weighted by molar-refractivity contribution is 6.31. The van der Waals surface area contributed by atoms with E-state index in [-0.39, 0.29) is 0 Å². The van der Waals surface area contributed by atoms with Gasteiger partial charge in [-0.05, 0) is 47.9 Å². The van der Waals surface area contributed by atoms with Crippen LogP contribution in [-0.4, -0.2) is 7.11 Å². The summed E-state index contributed by atoms with van der Waals surface area (Å²) in [6.07, 6.45) is 0.858. The number of benzene rings is 2. The summed E-state index contributed by atoms with van der Waals surface area (Å²) >= 11 is 6.08. The third-order valence-corrected chi connectivity index (χ3v) is 3.56. The molecular formula is C17H16ClNO2. The van der Waals surface area contributed by atoms with Gasteiger partial charge < -0.3 is 9.47 Å². The first kappa shape index (κ1) is 15.2. The van der Waals surface area contributed by atoms with Gasteiger partial charge in [-0.1, -0.05) is 24.6 Å². The zero-order valence-corrected chi connectivity index (χ0v) is 12.8. The number of ether oxygens (including phenoxy) is 2. The van der Waals surface area contributed by atoms with Gasteiger partial charge in [0.05, 0.1) is 12.7 Å². The van der Waals surface area contributed by atoms with Crippen LogP contribution in [-0.2, 0) is 13.0 Å². The van der Waals surface area contributed by atoms with E-state index in [0.29, 0.717) is 17.9 Å². The monoisotopic (exact) mass is 301 g/mol. The Kier molecular flexibility index (Phi) is 5.08. The molecule has 0 unspecified atom stereocenters. The Balaban J connectivity index is 2.11. The van der Waals surface area contributed by atoms with E-state index in [0.717, 1.165) is 28.3 Å². The van der Waals surface area contributed by atoms with Crippen LogP contribution in [0.4, 0.5) is 0 Å². The molecule has 0 aliphatic carbocycles. The second-order valence-electron chi connectivity index (χ2n) is 4.54. The highest BCUT2D eigenvalue weighted by atomic mass is 35.5. The van der Waals surface area contributed by atoms with Crippen LogP contribution in [0, 0.1) is 11.3 Å². The molecular weight excluding hydrogens is 286 g/mol. The van der Waals surface area contributed by atoms with Crippen molar-refractivity contribution < 1.29 is 9.47 Å². The van der Waals surface area contributed by atoms with Gasteiger partial charge in [0, 0.05) is 5.02 Å². The Labute approximate surface area is 129 Å². The maximum absolute atomic E-state index is 9.07. The largest absolute Gasteiger partial charge is 0.495 e. The predicted octanol–water partition coefficient (Wildman–Crippen LogP) is 4.36. The van der Waals surface area contributed by atoms with Crippen LogP contribution in [0.2, 0.25) is 5.02 Å². The number of nitrogens with zero attached hydrogens (tertiary/aromatic N) is 1. The van der Waals surface area contributed by atoms with E-state index in [1.807, 2.05) is 31.2 Å². The molecule has 0 heterocycles. The minimum atomic E-state index is 0.392. The van der Waals surface area contributed by atoms with Crippen molar-refractivity contribution in [3.63, 3.8) is 0 Å². The molecule has 0 atom stereocenters. The van der Waals surface area contributed by atoms with Crippen molar-refractivity contribution >= 4 is 11.6 Å². The summed E-state index contributed by atoms with van der Waals surface area (Å²) in [6, 6.07) is 13.2. The fourth-order valence-electron chi connectivity index (χ4n) is 2.01. The number of aryl methyl sites for hydroxylation is 1. The van der Waals surface area contributed by atoms with E-state index < -0.39 is 0 Å². The Bertz CT molecular complexity index is 677. The van der Waals surface area contributed by atoms with Crippen LogP contribution in [0.25, 0.3) is 0 Å². The number of hydrogen-bond acceptors (Lipinski definition) is 3. The molecule has 2 aromatic carbocycles. The molecule has 0 saturated carbocycles. The van der Waals surface area contributed by atoms with Crippen LogP contribution >= 0.6 is 11.6 Å². The normalized spacial score (nSPS) is 10.0. The highest BCUT2D eigenvalue weighted by Gasteiger charge is 2.05. The fourth-order valence-corrected chi connectivity index (χ4v) is 2.26. The van der Waals surface area contributed by atoms with E-state index in [9.17, 15) is 0 Å². The predicted molar refractivity (Wildman–Crippen MR) is 82.9 cm³/mol. The lowest BCUT2D eigenvalue weighted by atomic mass is 10.1. The van der Waals surface area contributed by atoms with Crippen LogP contribution in [0.5, 0.6) is 11.5 Å². The van der Waals surface area contributed by atoms with Crippen molar-refractivity contribution in [2.24, 2.45) is 0 Å². The summed E-state index contributed by atoms with van der Waals surface area (Å²) in [5, 5.41) is 9.82. The standard InChI is InChI=1S/C17H16ClNO2/c1-3-13-9-15(5-6-16(13)18)21-11-12-4-7-17(20-2)14(8-12)10-19/h4-9H,3,11H2,1-2H3. The van der Waals surface area contributed by atoms with Crippen molar-refractivity contribution in [3.05, 3.63) is 58.1 Å². The zero-order valence-electron chi connectivity index (χ0n) is 12.0. The van der Waals surface area contributed by atoms with Gasteiger partial charge in [0.2, 0.25) is 0 Å². The second-order valence-corrected chi connectivity index (χ2v) is 4.95. The lowest BCUT2D eigenvalue weighted by Crippen LogP contribution is -1.98. The summed E-state index contributed by atoms with van der Waals surface area (Å²) in [5.74, 6) is 1.34. The topological polar surface area (TPSA) is 42.2 Å². The molecule has 0 N–H and O–H groups in total. The molecule has 2 aromatic rings. The Morgan fingerprint density at radius 3 is 2.67 bits per heavy atom. The molecule has 0 aliphatic heterocycles. The van der Waals surface area contributed by atoms with Crippen molar-refractivity contribution in [3.8, 4) is 17.6 Å². The first-order valence-corrected chi connectivity index (χ1v) is 7.04. The van der Waals surface area contributed by atoms with Crippen LogP contribution in [0.1, 0.15) is 23.6 Å². The van der Waals surface area contributed by atoms with Crippen molar-refractivity contribution in [2.45, 2.75) is 20.0 Å². The van der Waals surface area contributed by atoms with E-state index in [4.69, 9.17) is 26.3 Å². The number of methoxy groups -OCH3 is 1. The Morgan fingerprint density at radius 2 is 2.00 bits per heavy atom. The molecule has 0 fully saturated rings. The molecule has 2 rings (SSSR count). The molecule has 21 heavy (non-hydrogen) atoms. The molecule has 0 aliphatic rings. The molecule has 0 spiro atoms. The maximum atomic E-state index is 9.07. The van der Waals surface area contributed by atoms with E-state index in [2.05, 4.69) is 6.07 Å². The summed E-state index contributed by atoms with van der Waals surface area (Å²) in [7, 11) is 1.55. The SMILES string of the molecule is CCc1cc(OCc2ccc(OC)c(C#N)c2)ccc1Cl. The van der Waals surface area contributed by atoms with Gasteiger partial charge in [-0.3, -0.25) is 0 Å². The van der Waals surface area contributed by atoms with Crippen molar-refractivity contribution in [2.75, 3.05) is 7.11 Å². The zero-order chi connectivity index (χ0) is 15.2. The Hall–Kier alpha value is -2.18. The number of nitriles is 1. The fraction of sp³-hybridized carbons (Fsp3) is 0.235. The first-order chi connectivity index (χ1) is 10.2. The molecule has 0 aromatic heterocycles. The quantitative estimate of drug-likeness (QED) is 0.824. The minimum absolute atomic E-state index is 0.392. The summed E-state index contributed by atoms with van der Waals surface area (Å²) in [4.78, 5) is 0. The molecule has 0 amide bonds. The lowest BCUT2D eigenvalue weighted by molar-refractivity contribution is 0.305. The summed E-state index contributed by atoms with van der Waals surface area (Å²) in [6.45, 7) is 2.44.